The van der Waals surface area contributed by atoms with E-state index in [1.807, 2.05) is 38.0 Å². The first-order valence-electron chi connectivity index (χ1n) is 19.5. The Morgan fingerprint density at radius 3 is 2.51 bits per heavy atom. The Balaban J connectivity index is 1.47. The molecule has 6 atom stereocenters. The van der Waals surface area contributed by atoms with Crippen molar-refractivity contribution in [1.82, 2.24) is 19.4 Å². The largest absolute Gasteiger partial charge is 0.449 e. The number of ether oxygens (including phenoxy) is 2. The first kappa shape index (κ1) is 41.8. The number of aromatic nitrogens is 2. The van der Waals surface area contributed by atoms with Crippen LogP contribution in [0.25, 0.3) is 32.9 Å². The van der Waals surface area contributed by atoms with Crippen LogP contribution < -0.4 is 0 Å². The van der Waals surface area contributed by atoms with E-state index in [-0.39, 0.29) is 65.2 Å². The second kappa shape index (κ2) is 15.7. The number of carbonyl (C=O) groups is 2. The molecule has 2 aromatic carbocycles. The molecule has 0 bridgehead atoms. The minimum Gasteiger partial charge on any atom is -0.449 e. The lowest BCUT2D eigenvalue weighted by molar-refractivity contribution is 0.0285. The third-order valence-corrected chi connectivity index (χ3v) is 14.6. The zero-order valence-corrected chi connectivity index (χ0v) is 37.3. The molecule has 1 aliphatic carbocycles. The fraction of sp³-hybridized carbons (Fsp3) is 0.535. The van der Waals surface area contributed by atoms with Gasteiger partial charge in [-0.2, -0.15) is 5.26 Å². The van der Waals surface area contributed by atoms with Gasteiger partial charge in [0.1, 0.15) is 22.8 Å². The number of piperidine rings is 1. The van der Waals surface area contributed by atoms with Gasteiger partial charge in [0, 0.05) is 58.9 Å². The van der Waals surface area contributed by atoms with Gasteiger partial charge in [-0.1, -0.05) is 49.2 Å². The predicted molar refractivity (Wildman–Crippen MR) is 232 cm³/mol. The van der Waals surface area contributed by atoms with E-state index < -0.39 is 21.4 Å². The number of hydrogen-bond acceptors (Lipinski definition) is 7. The van der Waals surface area contributed by atoms with Crippen molar-refractivity contribution in [3.63, 3.8) is 0 Å². The van der Waals surface area contributed by atoms with Crippen molar-refractivity contribution in [2.75, 3.05) is 50.5 Å². The number of fused-ring (bicyclic) bond motifs is 4. The maximum absolute atomic E-state index is 17.5. The van der Waals surface area contributed by atoms with E-state index in [2.05, 4.69) is 49.3 Å². The number of nitriles is 1. The van der Waals surface area contributed by atoms with Crippen LogP contribution in [0.15, 0.2) is 35.4 Å². The van der Waals surface area contributed by atoms with Crippen LogP contribution >= 0.6 is 45.0 Å². The van der Waals surface area contributed by atoms with Gasteiger partial charge in [0.25, 0.3) is 0 Å². The van der Waals surface area contributed by atoms with Crippen molar-refractivity contribution in [2.24, 2.45) is 17.8 Å². The van der Waals surface area contributed by atoms with Gasteiger partial charge < -0.3 is 18.9 Å². The highest BCUT2D eigenvalue weighted by molar-refractivity contribution is 8.32. The average Bonchev–Trinajstić information content (AvgIpc) is 3.50. The quantitative estimate of drug-likeness (QED) is 0.155. The SMILES string of the molecule is CSc1nc2c(F)c(-c3cccc(Cl)c3Cl)c(CCC#N)cc2c2c1cc([C@H]1CC3C(C)C3N1C(=O)OCCS(C)(C)C)n2[C@@H]1CN(C(=O)OC(C)(C)C)C[C@H]1C. The van der Waals surface area contributed by atoms with E-state index in [4.69, 9.17) is 37.7 Å². The summed E-state index contributed by atoms with van der Waals surface area (Å²) in [6, 6.07) is 10.9. The molecular formula is C43H52Cl2FN5O4S2. The molecule has 7 rings (SSSR count). The van der Waals surface area contributed by atoms with E-state index in [1.165, 1.54) is 11.8 Å². The molecule has 0 N–H and O–H groups in total. The van der Waals surface area contributed by atoms with Crippen LogP contribution in [0.5, 0.6) is 0 Å². The number of rotatable bonds is 9. The van der Waals surface area contributed by atoms with E-state index in [1.54, 1.807) is 23.1 Å². The lowest BCUT2D eigenvalue weighted by Gasteiger charge is -2.32. The van der Waals surface area contributed by atoms with Crippen molar-refractivity contribution in [3.05, 3.63) is 57.5 Å². The molecule has 2 aromatic heterocycles. The predicted octanol–water partition coefficient (Wildman–Crippen LogP) is 11.1. The van der Waals surface area contributed by atoms with Crippen molar-refractivity contribution in [3.8, 4) is 17.2 Å². The lowest BCUT2D eigenvalue weighted by Crippen LogP contribution is -2.37. The first-order chi connectivity index (χ1) is 26.8. The standard InChI is InChI=1S/C43H52Cl2FN5O4S2/c1-23-21-49(41(52)55-43(3,4)5)22-33(23)50-31(32-19-27-24(2)38(27)51(32)42(53)54-16-17-57(7,8)9)20-29-39(50)28-18-25(12-11-15-47)34(26-13-10-14-30(44)35(26)45)36(46)37(28)48-40(29)56-6/h10,13-14,18,20,23-24,27,32-33,38H,11-12,16-17,19,21-22H2,1-9H3/t23-,24?,27?,32-,33-,38?/m1/s1. The first-order valence-corrected chi connectivity index (χ1v) is 24.5. The average molecular weight is 857 g/mol. The van der Waals surface area contributed by atoms with Crippen molar-refractivity contribution in [1.29, 1.82) is 5.26 Å². The molecule has 3 aliphatic rings. The van der Waals surface area contributed by atoms with Crippen molar-refractivity contribution in [2.45, 2.75) is 82.6 Å². The summed E-state index contributed by atoms with van der Waals surface area (Å²) in [6.45, 7) is 11.1. The van der Waals surface area contributed by atoms with Gasteiger partial charge in [-0.25, -0.2) is 29.0 Å². The summed E-state index contributed by atoms with van der Waals surface area (Å²) in [5, 5.41) is 12.3. The van der Waals surface area contributed by atoms with E-state index in [9.17, 15) is 14.9 Å². The summed E-state index contributed by atoms with van der Waals surface area (Å²) in [6.07, 6.45) is 9.05. The van der Waals surface area contributed by atoms with Gasteiger partial charge >= 0.3 is 12.2 Å². The van der Waals surface area contributed by atoms with Gasteiger partial charge in [-0.15, -0.1) is 11.8 Å². The maximum atomic E-state index is 17.5. The summed E-state index contributed by atoms with van der Waals surface area (Å²) in [5.41, 5.74) is 2.50. The Kier molecular flexibility index (Phi) is 11.5. The third-order valence-electron chi connectivity index (χ3n) is 11.7. The molecule has 57 heavy (non-hydrogen) atoms. The van der Waals surface area contributed by atoms with E-state index in [0.717, 1.165) is 28.8 Å². The third kappa shape index (κ3) is 7.91. The summed E-state index contributed by atoms with van der Waals surface area (Å²) in [5.74, 6) is 0.929. The van der Waals surface area contributed by atoms with Gasteiger partial charge in [-0.3, -0.25) is 4.90 Å². The Bertz CT molecular complexity index is 2300. The number of nitrogens with zero attached hydrogens (tertiary/aromatic N) is 5. The van der Waals surface area contributed by atoms with E-state index >= 15 is 4.39 Å². The Morgan fingerprint density at radius 2 is 1.84 bits per heavy atom. The van der Waals surface area contributed by atoms with Gasteiger partial charge in [-0.05, 0) is 100 Å². The molecule has 4 heterocycles. The monoisotopic (exact) mass is 855 g/mol. The summed E-state index contributed by atoms with van der Waals surface area (Å²) >= 11 is 14.6. The highest BCUT2D eigenvalue weighted by atomic mass is 35.5. The summed E-state index contributed by atoms with van der Waals surface area (Å²) < 4.78 is 31.6. The number of aryl methyl sites for hydroxylation is 1. The number of pyridine rings is 1. The Morgan fingerprint density at radius 1 is 1.11 bits per heavy atom. The van der Waals surface area contributed by atoms with E-state index in [0.29, 0.717) is 58.1 Å². The minimum absolute atomic E-state index is 0.0229. The topological polar surface area (TPSA) is 101 Å². The normalized spacial score (nSPS) is 23.6. The molecule has 2 aliphatic heterocycles. The molecule has 4 aromatic rings. The summed E-state index contributed by atoms with van der Waals surface area (Å²) in [7, 11) is -0.869. The second-order valence-corrected chi connectivity index (χ2v) is 23.9. The second-order valence-electron chi connectivity index (χ2n) is 17.7. The molecular weight excluding hydrogens is 805 g/mol. The number of hydrogen-bond donors (Lipinski definition) is 0. The Hall–Kier alpha value is -3.37. The molecule has 0 spiro atoms. The van der Waals surface area contributed by atoms with Crippen LogP contribution in [-0.2, 0) is 15.9 Å². The van der Waals surface area contributed by atoms with Crippen molar-refractivity contribution < 1.29 is 23.5 Å². The molecule has 3 fully saturated rings. The number of benzene rings is 2. The highest BCUT2D eigenvalue weighted by Crippen LogP contribution is 2.59. The van der Waals surface area contributed by atoms with Gasteiger partial charge in [0.2, 0.25) is 0 Å². The zero-order valence-electron chi connectivity index (χ0n) is 34.1. The van der Waals surface area contributed by atoms with Crippen LogP contribution in [0.4, 0.5) is 14.0 Å². The lowest BCUT2D eigenvalue weighted by atomic mass is 9.93. The van der Waals surface area contributed by atoms with Crippen molar-refractivity contribution >= 4 is 79.0 Å². The molecule has 0 radical (unpaired) electrons. The summed E-state index contributed by atoms with van der Waals surface area (Å²) in [4.78, 5) is 36.4. The van der Waals surface area contributed by atoms with Gasteiger partial charge in [0.15, 0.2) is 5.82 Å². The van der Waals surface area contributed by atoms with Crippen LogP contribution in [0, 0.1) is 34.9 Å². The number of likely N-dealkylation sites (tertiary alicyclic amines) is 2. The molecule has 14 heteroatoms. The molecule has 3 unspecified atom stereocenters. The number of halogens is 3. The fourth-order valence-corrected chi connectivity index (χ4v) is 10.5. The minimum atomic E-state index is -0.869. The number of thioether (sulfide) groups is 1. The van der Waals surface area contributed by atoms with Crippen LogP contribution in [0.3, 0.4) is 0 Å². The van der Waals surface area contributed by atoms with Crippen LogP contribution in [0.1, 0.15) is 70.8 Å². The highest BCUT2D eigenvalue weighted by Gasteiger charge is 2.61. The zero-order chi connectivity index (χ0) is 41.3. The maximum Gasteiger partial charge on any atom is 0.410 e. The van der Waals surface area contributed by atoms with Crippen LogP contribution in [-0.4, -0.2) is 93.7 Å². The fourth-order valence-electron chi connectivity index (χ4n) is 8.91. The van der Waals surface area contributed by atoms with Gasteiger partial charge in [0.05, 0.1) is 33.7 Å². The molecule has 9 nitrogen and oxygen atoms in total. The number of carbonyl (C=O) groups excluding carboxylic acids is 2. The molecule has 1 saturated carbocycles. The Labute approximate surface area is 350 Å². The molecule has 2 amide bonds. The molecule has 2 saturated heterocycles. The molecule has 306 valence electrons. The smallest absolute Gasteiger partial charge is 0.410 e. The number of amides is 2. The van der Waals surface area contributed by atoms with Crippen LogP contribution in [0.2, 0.25) is 10.0 Å².